The molecule has 3 rings (SSSR count). The third-order valence-corrected chi connectivity index (χ3v) is 3.27. The summed E-state index contributed by atoms with van der Waals surface area (Å²) in [7, 11) is 0. The standard InChI is InChI=1S/C14H11ClFNO2/c15-8-1-4-11(16)12(5-8)17-13-7-19-14-6-9(18)2-3-10(13)14/h1-6,13,17-18H,7H2. The van der Waals surface area contributed by atoms with Gasteiger partial charge in [-0.05, 0) is 30.3 Å². The molecule has 0 aromatic heterocycles. The highest BCUT2D eigenvalue weighted by molar-refractivity contribution is 6.30. The summed E-state index contributed by atoms with van der Waals surface area (Å²) in [6.45, 7) is 0.380. The molecule has 1 heterocycles. The maximum atomic E-state index is 13.7. The summed E-state index contributed by atoms with van der Waals surface area (Å²) in [5.41, 5.74) is 1.22. The molecule has 0 saturated heterocycles. The lowest BCUT2D eigenvalue weighted by Crippen LogP contribution is -2.12. The monoisotopic (exact) mass is 279 g/mol. The molecule has 0 spiro atoms. The number of phenols is 1. The van der Waals surface area contributed by atoms with E-state index < -0.39 is 0 Å². The molecule has 1 aliphatic rings. The van der Waals surface area contributed by atoms with Gasteiger partial charge in [0.1, 0.15) is 23.9 Å². The molecule has 0 fully saturated rings. The second-order valence-electron chi connectivity index (χ2n) is 4.35. The Bertz CT molecular complexity index is 633. The van der Waals surface area contributed by atoms with E-state index in [-0.39, 0.29) is 17.6 Å². The Morgan fingerprint density at radius 3 is 2.95 bits per heavy atom. The van der Waals surface area contributed by atoms with Crippen LogP contribution in [0.25, 0.3) is 0 Å². The number of phenolic OH excluding ortho intramolecular Hbond substituents is 1. The third kappa shape index (κ3) is 2.31. The quantitative estimate of drug-likeness (QED) is 0.880. The van der Waals surface area contributed by atoms with Crippen LogP contribution in [-0.4, -0.2) is 11.7 Å². The third-order valence-electron chi connectivity index (χ3n) is 3.04. The summed E-state index contributed by atoms with van der Waals surface area (Å²) in [6, 6.07) is 9.08. The minimum absolute atomic E-state index is 0.147. The zero-order chi connectivity index (χ0) is 13.4. The number of ether oxygens (including phenoxy) is 1. The molecule has 2 aromatic carbocycles. The zero-order valence-corrected chi connectivity index (χ0v) is 10.6. The zero-order valence-electron chi connectivity index (χ0n) is 9.86. The van der Waals surface area contributed by atoms with Crippen molar-refractivity contribution in [3.63, 3.8) is 0 Å². The SMILES string of the molecule is Oc1ccc2c(c1)OCC2Nc1cc(Cl)ccc1F. The number of nitrogens with one attached hydrogen (secondary N) is 1. The Hall–Kier alpha value is -1.94. The normalized spacial score (nSPS) is 16.8. The molecule has 2 N–H and O–H groups in total. The van der Waals surface area contributed by atoms with Crippen molar-refractivity contribution in [2.24, 2.45) is 0 Å². The predicted octanol–water partition coefficient (Wildman–Crippen LogP) is 3.73. The van der Waals surface area contributed by atoms with Crippen LogP contribution in [0.15, 0.2) is 36.4 Å². The minimum atomic E-state index is -0.364. The smallest absolute Gasteiger partial charge is 0.146 e. The summed E-state index contributed by atoms with van der Waals surface area (Å²) in [4.78, 5) is 0. The Morgan fingerprint density at radius 2 is 2.11 bits per heavy atom. The number of halogens is 2. The van der Waals surface area contributed by atoms with Gasteiger partial charge in [0, 0.05) is 16.7 Å². The number of fused-ring (bicyclic) bond motifs is 1. The summed E-state index contributed by atoms with van der Waals surface area (Å²) in [5.74, 6) is 0.393. The second-order valence-corrected chi connectivity index (χ2v) is 4.79. The lowest BCUT2D eigenvalue weighted by molar-refractivity contribution is 0.338. The Kier molecular flexibility index (Phi) is 2.95. The number of anilines is 1. The molecule has 1 atom stereocenters. The minimum Gasteiger partial charge on any atom is -0.508 e. The average molecular weight is 280 g/mol. The number of aromatic hydroxyl groups is 1. The summed E-state index contributed by atoms with van der Waals surface area (Å²) in [6.07, 6.45) is 0. The fourth-order valence-corrected chi connectivity index (χ4v) is 2.29. The van der Waals surface area contributed by atoms with Crippen molar-refractivity contribution >= 4 is 17.3 Å². The molecule has 0 aliphatic carbocycles. The summed E-state index contributed by atoms with van der Waals surface area (Å²) >= 11 is 5.85. The van der Waals surface area contributed by atoms with Crippen molar-refractivity contribution in [3.05, 3.63) is 52.8 Å². The number of benzene rings is 2. The predicted molar refractivity (Wildman–Crippen MR) is 71.4 cm³/mol. The van der Waals surface area contributed by atoms with Gasteiger partial charge in [0.25, 0.3) is 0 Å². The second kappa shape index (κ2) is 4.63. The van der Waals surface area contributed by atoms with Crippen LogP contribution in [0.4, 0.5) is 10.1 Å². The van der Waals surface area contributed by atoms with Crippen LogP contribution in [0.5, 0.6) is 11.5 Å². The molecule has 19 heavy (non-hydrogen) atoms. The van der Waals surface area contributed by atoms with Crippen LogP contribution in [-0.2, 0) is 0 Å². The van der Waals surface area contributed by atoms with Crippen LogP contribution in [0, 0.1) is 5.82 Å². The van der Waals surface area contributed by atoms with E-state index in [0.29, 0.717) is 23.1 Å². The summed E-state index contributed by atoms with van der Waals surface area (Å²) in [5, 5.41) is 12.9. The van der Waals surface area contributed by atoms with Crippen LogP contribution >= 0.6 is 11.6 Å². The van der Waals surface area contributed by atoms with E-state index in [1.54, 1.807) is 18.2 Å². The first-order chi connectivity index (χ1) is 9.13. The van der Waals surface area contributed by atoms with E-state index in [4.69, 9.17) is 16.3 Å². The van der Waals surface area contributed by atoms with Crippen LogP contribution in [0.2, 0.25) is 5.02 Å². The topological polar surface area (TPSA) is 41.5 Å². The van der Waals surface area contributed by atoms with Crippen molar-refractivity contribution in [2.75, 3.05) is 11.9 Å². The van der Waals surface area contributed by atoms with Gasteiger partial charge in [-0.3, -0.25) is 0 Å². The highest BCUT2D eigenvalue weighted by atomic mass is 35.5. The van der Waals surface area contributed by atoms with Crippen LogP contribution in [0.1, 0.15) is 11.6 Å². The number of hydrogen-bond acceptors (Lipinski definition) is 3. The molecule has 3 nitrogen and oxygen atoms in total. The number of rotatable bonds is 2. The van der Waals surface area contributed by atoms with Gasteiger partial charge in [0.05, 0.1) is 11.7 Å². The Morgan fingerprint density at radius 1 is 1.26 bits per heavy atom. The van der Waals surface area contributed by atoms with E-state index in [2.05, 4.69) is 5.32 Å². The van der Waals surface area contributed by atoms with Gasteiger partial charge in [-0.2, -0.15) is 0 Å². The fourth-order valence-electron chi connectivity index (χ4n) is 2.11. The maximum Gasteiger partial charge on any atom is 0.146 e. The van der Waals surface area contributed by atoms with E-state index in [0.717, 1.165) is 5.56 Å². The van der Waals surface area contributed by atoms with E-state index in [9.17, 15) is 9.50 Å². The lowest BCUT2D eigenvalue weighted by Gasteiger charge is -2.14. The average Bonchev–Trinajstić information content (AvgIpc) is 2.76. The Labute approximate surface area is 114 Å². The van der Waals surface area contributed by atoms with Gasteiger partial charge in [0.15, 0.2) is 0 Å². The largest absolute Gasteiger partial charge is 0.508 e. The highest BCUT2D eigenvalue weighted by Crippen LogP contribution is 2.37. The van der Waals surface area contributed by atoms with Gasteiger partial charge < -0.3 is 15.2 Å². The maximum absolute atomic E-state index is 13.7. The first-order valence-electron chi connectivity index (χ1n) is 5.81. The molecular weight excluding hydrogens is 269 g/mol. The first-order valence-corrected chi connectivity index (χ1v) is 6.18. The van der Waals surface area contributed by atoms with Gasteiger partial charge in [-0.15, -0.1) is 0 Å². The molecule has 2 aromatic rings. The van der Waals surface area contributed by atoms with E-state index >= 15 is 0 Å². The molecule has 1 unspecified atom stereocenters. The van der Waals surface area contributed by atoms with Gasteiger partial charge >= 0.3 is 0 Å². The fraction of sp³-hybridized carbons (Fsp3) is 0.143. The molecule has 5 heteroatoms. The molecule has 98 valence electrons. The van der Waals surface area contributed by atoms with Crippen molar-refractivity contribution in [1.29, 1.82) is 0 Å². The van der Waals surface area contributed by atoms with Crippen molar-refractivity contribution in [1.82, 2.24) is 0 Å². The van der Waals surface area contributed by atoms with Crippen molar-refractivity contribution < 1.29 is 14.2 Å². The molecule has 1 aliphatic heterocycles. The van der Waals surface area contributed by atoms with Crippen molar-refractivity contribution in [2.45, 2.75) is 6.04 Å². The lowest BCUT2D eigenvalue weighted by atomic mass is 10.1. The molecule has 0 amide bonds. The Balaban J connectivity index is 1.88. The highest BCUT2D eigenvalue weighted by Gasteiger charge is 2.25. The van der Waals surface area contributed by atoms with Crippen LogP contribution < -0.4 is 10.1 Å². The van der Waals surface area contributed by atoms with E-state index in [1.807, 2.05) is 0 Å². The first kappa shape index (κ1) is 12.1. The van der Waals surface area contributed by atoms with Gasteiger partial charge in [-0.1, -0.05) is 11.6 Å². The van der Waals surface area contributed by atoms with Gasteiger partial charge in [-0.25, -0.2) is 4.39 Å². The molecule has 0 saturated carbocycles. The van der Waals surface area contributed by atoms with Crippen LogP contribution in [0.3, 0.4) is 0 Å². The number of hydrogen-bond donors (Lipinski definition) is 2. The summed E-state index contributed by atoms with van der Waals surface area (Å²) < 4.78 is 19.1. The van der Waals surface area contributed by atoms with E-state index in [1.165, 1.54) is 18.2 Å². The van der Waals surface area contributed by atoms with Gasteiger partial charge in [0.2, 0.25) is 0 Å². The molecule has 0 radical (unpaired) electrons. The molecule has 0 bridgehead atoms. The van der Waals surface area contributed by atoms with Crippen molar-refractivity contribution in [3.8, 4) is 11.5 Å². The molecular formula is C14H11ClFNO2.